The van der Waals surface area contributed by atoms with Crippen LogP contribution in [0.2, 0.25) is 0 Å². The third kappa shape index (κ3) is 4.97. The number of aromatic nitrogens is 2. The van der Waals surface area contributed by atoms with Gasteiger partial charge in [0.1, 0.15) is 5.82 Å². The molecule has 34 heavy (non-hydrogen) atoms. The Morgan fingerprint density at radius 1 is 1.06 bits per heavy atom. The molecule has 0 aliphatic carbocycles. The van der Waals surface area contributed by atoms with Gasteiger partial charge in [0.15, 0.2) is 0 Å². The fourth-order valence-corrected chi connectivity index (χ4v) is 5.00. The average Bonchev–Trinajstić information content (AvgIpc) is 3.35. The topological polar surface area (TPSA) is 55.2 Å². The first-order valence-electron chi connectivity index (χ1n) is 11.9. The highest BCUT2D eigenvalue weighted by Crippen LogP contribution is 2.27. The summed E-state index contributed by atoms with van der Waals surface area (Å²) in [5.74, 6) is 0.686. The molecule has 2 aromatic carbocycles. The Labute approximate surface area is 204 Å². The molecule has 0 spiro atoms. The smallest absolute Gasteiger partial charge is 0.266 e. The van der Waals surface area contributed by atoms with Crippen molar-refractivity contribution in [2.75, 3.05) is 6.54 Å². The predicted molar refractivity (Wildman–Crippen MR) is 140 cm³/mol. The summed E-state index contributed by atoms with van der Waals surface area (Å²) in [6.07, 6.45) is 2.90. The molecule has 4 aromatic rings. The molecule has 0 saturated carbocycles. The van der Waals surface area contributed by atoms with Crippen LogP contribution < -0.4 is 5.56 Å². The van der Waals surface area contributed by atoms with Crippen LogP contribution in [-0.4, -0.2) is 26.9 Å². The second-order valence-corrected chi connectivity index (χ2v) is 9.62. The van der Waals surface area contributed by atoms with Gasteiger partial charge in [0.25, 0.3) is 5.56 Å². The molecule has 2 heterocycles. The zero-order valence-corrected chi connectivity index (χ0v) is 20.8. The van der Waals surface area contributed by atoms with Crippen LogP contribution in [0.25, 0.3) is 16.6 Å². The Morgan fingerprint density at radius 2 is 1.82 bits per heavy atom. The Hall–Kier alpha value is -3.25. The molecule has 1 amide bonds. The minimum absolute atomic E-state index is 0.0700. The second kappa shape index (κ2) is 10.8. The molecule has 1 unspecified atom stereocenters. The molecule has 0 N–H and O–H groups in total. The van der Waals surface area contributed by atoms with E-state index in [9.17, 15) is 9.59 Å². The van der Waals surface area contributed by atoms with Crippen LogP contribution in [0.4, 0.5) is 0 Å². The van der Waals surface area contributed by atoms with Gasteiger partial charge in [-0.1, -0.05) is 56.2 Å². The van der Waals surface area contributed by atoms with Crippen molar-refractivity contribution in [3.63, 3.8) is 0 Å². The normalized spacial score (nSPS) is 12.1. The number of para-hydroxylation sites is 1. The maximum Gasteiger partial charge on any atom is 0.266 e. The average molecular weight is 474 g/mol. The molecular weight excluding hydrogens is 442 g/mol. The maximum atomic E-state index is 13.7. The molecule has 1 atom stereocenters. The van der Waals surface area contributed by atoms with E-state index in [0.717, 1.165) is 29.0 Å². The van der Waals surface area contributed by atoms with Crippen molar-refractivity contribution in [2.45, 2.75) is 52.5 Å². The van der Waals surface area contributed by atoms with Crippen molar-refractivity contribution < 1.29 is 4.79 Å². The SMILES string of the molecule is CCCCN(C(=O)Cc1cccs1)C(CC)c1nc2ccccc2c(=O)n1-c1ccc(C)cc1. The van der Waals surface area contributed by atoms with Crippen LogP contribution in [0.15, 0.2) is 70.8 Å². The summed E-state index contributed by atoms with van der Waals surface area (Å²) in [4.78, 5) is 35.3. The zero-order chi connectivity index (χ0) is 24.1. The molecular formula is C28H31N3O2S. The molecule has 0 aliphatic heterocycles. The van der Waals surface area contributed by atoms with Gasteiger partial charge >= 0.3 is 0 Å². The fraction of sp³-hybridized carbons (Fsp3) is 0.321. The molecule has 0 aliphatic rings. The number of amides is 1. The third-order valence-electron chi connectivity index (χ3n) is 6.13. The van der Waals surface area contributed by atoms with Gasteiger partial charge in [-0.2, -0.15) is 0 Å². The molecule has 0 saturated heterocycles. The van der Waals surface area contributed by atoms with Gasteiger partial charge in [0.2, 0.25) is 5.91 Å². The van der Waals surface area contributed by atoms with Crippen molar-refractivity contribution >= 4 is 28.1 Å². The van der Waals surface area contributed by atoms with Gasteiger partial charge < -0.3 is 4.90 Å². The van der Waals surface area contributed by atoms with Crippen molar-refractivity contribution in [3.05, 3.63) is 92.7 Å². The number of carbonyl (C=O) groups excluding carboxylic acids is 1. The van der Waals surface area contributed by atoms with Gasteiger partial charge in [-0.15, -0.1) is 11.3 Å². The highest BCUT2D eigenvalue weighted by atomic mass is 32.1. The van der Waals surface area contributed by atoms with E-state index >= 15 is 0 Å². The fourth-order valence-electron chi connectivity index (χ4n) is 4.31. The van der Waals surface area contributed by atoms with Crippen LogP contribution in [0, 0.1) is 6.92 Å². The maximum absolute atomic E-state index is 13.7. The standard InChI is InChI=1S/C28H31N3O2S/c1-4-6-17-30(26(32)19-22-10-9-18-34-22)25(5-2)27-29-24-12-8-7-11-23(24)28(33)31(27)21-15-13-20(3)14-16-21/h7-16,18,25H,4-6,17,19H2,1-3H3. The minimum atomic E-state index is -0.308. The van der Waals surface area contributed by atoms with Crippen LogP contribution in [0.5, 0.6) is 0 Å². The van der Waals surface area contributed by atoms with E-state index in [-0.39, 0.29) is 17.5 Å². The molecule has 176 valence electrons. The molecule has 4 rings (SSSR count). The monoisotopic (exact) mass is 473 g/mol. The van der Waals surface area contributed by atoms with Gasteiger partial charge in [-0.3, -0.25) is 14.2 Å². The molecule has 0 fully saturated rings. The van der Waals surface area contributed by atoms with Crippen LogP contribution in [0.3, 0.4) is 0 Å². The summed E-state index contributed by atoms with van der Waals surface area (Å²) in [6.45, 7) is 6.84. The number of thiophene rings is 1. The molecule has 5 nitrogen and oxygen atoms in total. The number of fused-ring (bicyclic) bond motifs is 1. The van der Waals surface area contributed by atoms with E-state index in [1.165, 1.54) is 0 Å². The van der Waals surface area contributed by atoms with Crippen LogP contribution in [-0.2, 0) is 11.2 Å². The summed E-state index contributed by atoms with van der Waals surface area (Å²) in [7, 11) is 0. The van der Waals surface area contributed by atoms with Crippen LogP contribution >= 0.6 is 11.3 Å². The highest BCUT2D eigenvalue weighted by molar-refractivity contribution is 7.10. The Balaban J connectivity index is 1.88. The van der Waals surface area contributed by atoms with E-state index < -0.39 is 0 Å². The number of hydrogen-bond acceptors (Lipinski definition) is 4. The van der Waals surface area contributed by atoms with Crippen molar-refractivity contribution in [1.29, 1.82) is 0 Å². The predicted octanol–water partition coefficient (Wildman–Crippen LogP) is 6.08. The molecule has 2 aromatic heterocycles. The number of nitrogens with zero attached hydrogens (tertiary/aromatic N) is 3. The van der Waals surface area contributed by atoms with E-state index in [0.29, 0.717) is 36.1 Å². The Kier molecular flexibility index (Phi) is 7.58. The van der Waals surface area contributed by atoms with Gasteiger partial charge in [0.05, 0.1) is 29.1 Å². The lowest BCUT2D eigenvalue weighted by Crippen LogP contribution is -2.39. The quantitative estimate of drug-likeness (QED) is 0.296. The summed E-state index contributed by atoms with van der Waals surface area (Å²) in [5.41, 5.74) is 2.44. The van der Waals surface area contributed by atoms with Crippen LogP contribution in [0.1, 0.15) is 55.4 Å². The minimum Gasteiger partial charge on any atom is -0.332 e. The van der Waals surface area contributed by atoms with Crippen molar-refractivity contribution in [1.82, 2.24) is 14.5 Å². The Bertz CT molecular complexity index is 1310. The first-order valence-corrected chi connectivity index (χ1v) is 12.8. The summed E-state index contributed by atoms with van der Waals surface area (Å²) in [6, 6.07) is 19.0. The van der Waals surface area contributed by atoms with Crippen molar-refractivity contribution in [3.8, 4) is 5.69 Å². The lowest BCUT2D eigenvalue weighted by molar-refractivity contribution is -0.133. The number of hydrogen-bond donors (Lipinski definition) is 0. The first-order chi connectivity index (χ1) is 16.5. The summed E-state index contributed by atoms with van der Waals surface area (Å²) < 4.78 is 1.70. The zero-order valence-electron chi connectivity index (χ0n) is 20.0. The van der Waals surface area contributed by atoms with Crippen molar-refractivity contribution in [2.24, 2.45) is 0 Å². The molecule has 6 heteroatoms. The highest BCUT2D eigenvalue weighted by Gasteiger charge is 2.29. The van der Waals surface area contributed by atoms with E-state index in [1.807, 2.05) is 77.9 Å². The number of aryl methyl sites for hydroxylation is 1. The van der Waals surface area contributed by atoms with E-state index in [2.05, 4.69) is 13.8 Å². The Morgan fingerprint density at radius 3 is 2.50 bits per heavy atom. The second-order valence-electron chi connectivity index (χ2n) is 8.58. The van der Waals surface area contributed by atoms with Gasteiger partial charge in [-0.25, -0.2) is 4.98 Å². The van der Waals surface area contributed by atoms with Gasteiger partial charge in [0, 0.05) is 11.4 Å². The molecule has 0 radical (unpaired) electrons. The number of benzene rings is 2. The van der Waals surface area contributed by atoms with Gasteiger partial charge in [-0.05, 0) is 55.5 Å². The first kappa shape index (κ1) is 23.9. The van der Waals surface area contributed by atoms with E-state index in [4.69, 9.17) is 4.98 Å². The number of carbonyl (C=O) groups is 1. The molecule has 0 bridgehead atoms. The number of rotatable bonds is 9. The largest absolute Gasteiger partial charge is 0.332 e. The summed E-state index contributed by atoms with van der Waals surface area (Å²) >= 11 is 1.59. The summed E-state index contributed by atoms with van der Waals surface area (Å²) in [5, 5.41) is 2.57. The van der Waals surface area contributed by atoms with E-state index in [1.54, 1.807) is 15.9 Å². The number of unbranched alkanes of at least 4 members (excludes halogenated alkanes) is 1. The third-order valence-corrected chi connectivity index (χ3v) is 7.01. The lowest BCUT2D eigenvalue weighted by Gasteiger charge is -2.32. The lowest BCUT2D eigenvalue weighted by atomic mass is 10.1.